The van der Waals surface area contributed by atoms with Gasteiger partial charge in [-0.25, -0.2) is 4.39 Å². The van der Waals surface area contributed by atoms with Crippen LogP contribution in [-0.4, -0.2) is 17.9 Å². The minimum Gasteiger partial charge on any atom is -0.406 e. The molecule has 0 radical (unpaired) electrons. The van der Waals surface area contributed by atoms with Gasteiger partial charge in [0.15, 0.2) is 0 Å². The highest BCUT2D eigenvalue weighted by Crippen LogP contribution is 2.35. The van der Waals surface area contributed by atoms with Gasteiger partial charge in [-0.3, -0.25) is 0 Å². The number of ether oxygens (including phenoxy) is 1. The Balaban J connectivity index is 2.11. The van der Waals surface area contributed by atoms with Crippen LogP contribution in [-0.2, 0) is 6.42 Å². The van der Waals surface area contributed by atoms with Gasteiger partial charge in [0.2, 0.25) is 0 Å². The molecule has 0 spiro atoms. The van der Waals surface area contributed by atoms with Crippen molar-refractivity contribution in [2.45, 2.75) is 25.6 Å². The van der Waals surface area contributed by atoms with Gasteiger partial charge < -0.3 is 15.5 Å². The number of H-pyrrole nitrogens is 1. The van der Waals surface area contributed by atoms with Crippen LogP contribution in [0.3, 0.4) is 0 Å². The molecule has 0 unspecified atom stereocenters. The van der Waals surface area contributed by atoms with Crippen molar-refractivity contribution in [1.29, 1.82) is 0 Å². The van der Waals surface area contributed by atoms with E-state index in [9.17, 15) is 17.6 Å². The maximum absolute atomic E-state index is 14.3. The van der Waals surface area contributed by atoms with E-state index < -0.39 is 12.2 Å². The fourth-order valence-corrected chi connectivity index (χ4v) is 3.02. The van der Waals surface area contributed by atoms with E-state index in [4.69, 9.17) is 5.73 Å². The van der Waals surface area contributed by atoms with Crippen LogP contribution in [0.4, 0.5) is 17.6 Å². The topological polar surface area (TPSA) is 51.0 Å². The highest BCUT2D eigenvalue weighted by Gasteiger charge is 2.31. The Morgan fingerprint density at radius 3 is 2.50 bits per heavy atom. The fourth-order valence-electron chi connectivity index (χ4n) is 3.02. The fraction of sp³-hybridized carbons (Fsp3) is 0.263. The number of hydrogen-bond acceptors (Lipinski definition) is 2. The lowest BCUT2D eigenvalue weighted by molar-refractivity contribution is -0.274. The summed E-state index contributed by atoms with van der Waals surface area (Å²) >= 11 is 0. The van der Waals surface area contributed by atoms with Crippen molar-refractivity contribution >= 4 is 10.9 Å². The zero-order chi connectivity index (χ0) is 18.7. The molecule has 0 aliphatic heterocycles. The Kier molecular flexibility index (Phi) is 5.18. The van der Waals surface area contributed by atoms with E-state index in [0.717, 1.165) is 18.4 Å². The van der Waals surface area contributed by atoms with E-state index in [2.05, 4.69) is 9.72 Å². The molecular weight excluding hydrogens is 348 g/mol. The summed E-state index contributed by atoms with van der Waals surface area (Å²) < 4.78 is 55.8. The average Bonchev–Trinajstić information content (AvgIpc) is 2.92. The molecule has 138 valence electrons. The van der Waals surface area contributed by atoms with E-state index in [1.54, 1.807) is 18.2 Å². The van der Waals surface area contributed by atoms with Gasteiger partial charge in [0.25, 0.3) is 0 Å². The van der Waals surface area contributed by atoms with E-state index >= 15 is 0 Å². The smallest absolute Gasteiger partial charge is 0.406 e. The van der Waals surface area contributed by atoms with Crippen LogP contribution in [0.25, 0.3) is 22.2 Å². The summed E-state index contributed by atoms with van der Waals surface area (Å²) in [6.07, 6.45) is -2.69. The van der Waals surface area contributed by atoms with Gasteiger partial charge in [-0.15, -0.1) is 13.2 Å². The average molecular weight is 366 g/mol. The molecule has 0 aliphatic carbocycles. The van der Waals surface area contributed by atoms with Crippen LogP contribution in [0.1, 0.15) is 18.4 Å². The summed E-state index contributed by atoms with van der Waals surface area (Å²) in [6.45, 7) is 0.514. The first-order valence-corrected chi connectivity index (χ1v) is 8.24. The first-order chi connectivity index (χ1) is 12.4. The van der Waals surface area contributed by atoms with Gasteiger partial charge in [-0.1, -0.05) is 12.1 Å². The molecule has 0 saturated heterocycles. The highest BCUT2D eigenvalue weighted by atomic mass is 19.4. The number of nitrogens with one attached hydrogen (secondary N) is 1. The molecule has 0 aliphatic rings. The normalized spacial score (nSPS) is 11.9. The van der Waals surface area contributed by atoms with Crippen LogP contribution in [0, 0.1) is 5.82 Å². The molecule has 0 bridgehead atoms. The van der Waals surface area contributed by atoms with E-state index in [1.165, 1.54) is 24.3 Å². The number of hydrogen-bond donors (Lipinski definition) is 2. The molecule has 1 heterocycles. The van der Waals surface area contributed by atoms with Crippen molar-refractivity contribution in [3.8, 4) is 17.0 Å². The molecule has 3 N–H and O–H groups in total. The molecule has 1 aromatic heterocycles. The first-order valence-electron chi connectivity index (χ1n) is 8.24. The van der Waals surface area contributed by atoms with Crippen LogP contribution in [0.15, 0.2) is 42.5 Å². The maximum Gasteiger partial charge on any atom is 0.573 e. The van der Waals surface area contributed by atoms with Crippen LogP contribution < -0.4 is 10.5 Å². The predicted molar refractivity (Wildman–Crippen MR) is 92.4 cm³/mol. The number of aryl methyl sites for hydroxylation is 1. The molecule has 3 aromatic rings. The Bertz CT molecular complexity index is 902. The second-order valence-electron chi connectivity index (χ2n) is 5.96. The second kappa shape index (κ2) is 7.37. The predicted octanol–water partition coefficient (Wildman–Crippen LogP) is 5.15. The lowest BCUT2D eigenvalue weighted by Gasteiger charge is -2.09. The van der Waals surface area contributed by atoms with Crippen molar-refractivity contribution in [1.82, 2.24) is 4.98 Å². The van der Waals surface area contributed by atoms with Gasteiger partial charge in [-0.05, 0) is 61.7 Å². The van der Waals surface area contributed by atoms with E-state index in [0.29, 0.717) is 35.1 Å². The molecular formula is C19H18F4N2O. The van der Waals surface area contributed by atoms with Crippen molar-refractivity contribution in [3.63, 3.8) is 0 Å². The van der Waals surface area contributed by atoms with Crippen molar-refractivity contribution in [3.05, 3.63) is 53.8 Å². The molecule has 0 atom stereocenters. The summed E-state index contributed by atoms with van der Waals surface area (Å²) in [5.41, 5.74) is 7.86. The molecule has 0 amide bonds. The molecule has 26 heavy (non-hydrogen) atoms. The zero-order valence-electron chi connectivity index (χ0n) is 13.9. The summed E-state index contributed by atoms with van der Waals surface area (Å²) in [5, 5.41) is 0.585. The minimum atomic E-state index is -4.77. The number of nitrogens with two attached hydrogens (primary N) is 1. The Morgan fingerprint density at radius 2 is 1.81 bits per heavy atom. The third kappa shape index (κ3) is 3.99. The number of unbranched alkanes of at least 4 members (excludes halogenated alkanes) is 1. The molecule has 3 nitrogen and oxygen atoms in total. The summed E-state index contributed by atoms with van der Waals surface area (Å²) in [7, 11) is 0. The lowest BCUT2D eigenvalue weighted by Crippen LogP contribution is -2.16. The monoisotopic (exact) mass is 366 g/mol. The van der Waals surface area contributed by atoms with Crippen LogP contribution in [0.5, 0.6) is 5.75 Å². The van der Waals surface area contributed by atoms with Crippen LogP contribution in [0.2, 0.25) is 0 Å². The molecule has 2 aromatic carbocycles. The number of halogens is 4. The van der Waals surface area contributed by atoms with Crippen LogP contribution >= 0.6 is 0 Å². The molecule has 0 saturated carbocycles. The van der Waals surface area contributed by atoms with E-state index in [1.807, 2.05) is 0 Å². The quantitative estimate of drug-likeness (QED) is 0.468. The van der Waals surface area contributed by atoms with Gasteiger partial charge in [-0.2, -0.15) is 0 Å². The number of alkyl halides is 3. The largest absolute Gasteiger partial charge is 0.573 e. The lowest BCUT2D eigenvalue weighted by atomic mass is 10.00. The number of aromatic amines is 1. The van der Waals surface area contributed by atoms with Crippen molar-refractivity contribution in [2.75, 3.05) is 6.54 Å². The Morgan fingerprint density at radius 1 is 1.04 bits per heavy atom. The second-order valence-corrected chi connectivity index (χ2v) is 5.96. The molecule has 7 heteroatoms. The molecule has 0 fully saturated rings. The standard InChI is InChI=1S/C19H18F4N2O/c20-16-7-2-1-6-14(16)18-13(5-3-4-10-24)15-11-12(26-19(21,22)23)8-9-17(15)25-18/h1-2,6-9,11,25H,3-5,10,24H2. The first kappa shape index (κ1) is 18.3. The number of aromatic nitrogens is 1. The maximum atomic E-state index is 14.3. The Labute approximate surface area is 147 Å². The third-order valence-electron chi connectivity index (χ3n) is 4.14. The van der Waals surface area contributed by atoms with Gasteiger partial charge in [0.1, 0.15) is 11.6 Å². The molecule has 3 rings (SSSR count). The third-order valence-corrected chi connectivity index (χ3v) is 4.14. The van der Waals surface area contributed by atoms with E-state index in [-0.39, 0.29) is 5.75 Å². The summed E-state index contributed by atoms with van der Waals surface area (Å²) in [6, 6.07) is 10.4. The van der Waals surface area contributed by atoms with Gasteiger partial charge in [0, 0.05) is 16.5 Å². The number of fused-ring (bicyclic) bond motifs is 1. The highest BCUT2D eigenvalue weighted by molar-refractivity contribution is 5.91. The minimum absolute atomic E-state index is 0.302. The summed E-state index contributed by atoms with van der Waals surface area (Å²) in [4.78, 5) is 3.13. The van der Waals surface area contributed by atoms with Crippen molar-refractivity contribution < 1.29 is 22.3 Å². The number of benzene rings is 2. The number of rotatable bonds is 6. The SMILES string of the molecule is NCCCCc1c(-c2ccccc2F)[nH]c2ccc(OC(F)(F)F)cc12. The Hall–Kier alpha value is -2.54. The summed E-state index contributed by atoms with van der Waals surface area (Å²) in [5.74, 6) is -0.699. The zero-order valence-corrected chi connectivity index (χ0v) is 13.9. The van der Waals surface area contributed by atoms with Gasteiger partial charge >= 0.3 is 6.36 Å². The van der Waals surface area contributed by atoms with Crippen molar-refractivity contribution in [2.24, 2.45) is 5.73 Å². The van der Waals surface area contributed by atoms with Gasteiger partial charge in [0.05, 0.1) is 5.69 Å².